The minimum absolute atomic E-state index is 0.0648. The summed E-state index contributed by atoms with van der Waals surface area (Å²) in [5.74, 6) is -0.363. The van der Waals surface area contributed by atoms with E-state index in [0.29, 0.717) is 6.54 Å². The van der Waals surface area contributed by atoms with Gasteiger partial charge in [-0.1, -0.05) is 18.2 Å². The third-order valence-corrected chi connectivity index (χ3v) is 4.47. The number of carbonyl (C=O) groups is 1. The summed E-state index contributed by atoms with van der Waals surface area (Å²) in [7, 11) is 0. The van der Waals surface area contributed by atoms with E-state index in [2.05, 4.69) is 21.4 Å². The molecule has 0 saturated carbocycles. The van der Waals surface area contributed by atoms with Crippen LogP contribution in [0.3, 0.4) is 0 Å². The van der Waals surface area contributed by atoms with Gasteiger partial charge in [-0.25, -0.2) is 4.39 Å². The number of rotatable bonds is 5. The number of H-pyrrole nitrogens is 2. The van der Waals surface area contributed by atoms with Gasteiger partial charge in [0.25, 0.3) is 0 Å². The van der Waals surface area contributed by atoms with E-state index in [0.717, 1.165) is 28.4 Å². The fourth-order valence-electron chi connectivity index (χ4n) is 3.21. The van der Waals surface area contributed by atoms with Crippen LogP contribution in [0.5, 0.6) is 0 Å². The van der Waals surface area contributed by atoms with E-state index in [1.807, 2.05) is 24.4 Å². The van der Waals surface area contributed by atoms with Gasteiger partial charge in [-0.15, -0.1) is 0 Å². The molecule has 2 heterocycles. The van der Waals surface area contributed by atoms with Gasteiger partial charge < -0.3 is 15.3 Å². The molecule has 4 rings (SSSR count). The summed E-state index contributed by atoms with van der Waals surface area (Å²) in [6, 6.07) is 12.7. The van der Waals surface area contributed by atoms with Gasteiger partial charge in [0.15, 0.2) is 0 Å². The van der Waals surface area contributed by atoms with E-state index in [1.54, 1.807) is 12.3 Å². The highest BCUT2D eigenvalue weighted by Crippen LogP contribution is 2.20. The van der Waals surface area contributed by atoms with Crippen LogP contribution in [-0.2, 0) is 17.6 Å². The molecule has 126 valence electrons. The lowest BCUT2D eigenvalue weighted by Gasteiger charge is -2.05. The Labute approximate surface area is 144 Å². The molecule has 0 bridgehead atoms. The molecule has 0 aliphatic heterocycles. The normalized spacial score (nSPS) is 11.2. The number of benzene rings is 2. The predicted octanol–water partition coefficient (Wildman–Crippen LogP) is 3.69. The van der Waals surface area contributed by atoms with Crippen molar-refractivity contribution >= 4 is 27.7 Å². The molecule has 25 heavy (non-hydrogen) atoms. The number of aromatic nitrogens is 2. The summed E-state index contributed by atoms with van der Waals surface area (Å²) in [5, 5.41) is 4.88. The number of aromatic amines is 2. The molecule has 0 atom stereocenters. The first-order valence-corrected chi connectivity index (χ1v) is 8.28. The molecule has 0 aliphatic carbocycles. The first-order valence-electron chi connectivity index (χ1n) is 8.28. The Morgan fingerprint density at radius 1 is 0.960 bits per heavy atom. The summed E-state index contributed by atoms with van der Waals surface area (Å²) < 4.78 is 13.4. The fraction of sp³-hybridized carbons (Fsp3) is 0.150. The minimum atomic E-state index is -0.298. The smallest absolute Gasteiger partial charge is 0.224 e. The molecule has 4 aromatic rings. The van der Waals surface area contributed by atoms with Crippen molar-refractivity contribution in [2.75, 3.05) is 6.54 Å². The van der Waals surface area contributed by atoms with Crippen LogP contribution in [0.2, 0.25) is 0 Å². The quantitative estimate of drug-likeness (QED) is 0.512. The zero-order valence-corrected chi connectivity index (χ0v) is 13.6. The molecule has 1 amide bonds. The molecule has 0 spiro atoms. The second-order valence-corrected chi connectivity index (χ2v) is 6.14. The van der Waals surface area contributed by atoms with Crippen LogP contribution in [0.25, 0.3) is 21.8 Å². The highest BCUT2D eigenvalue weighted by atomic mass is 19.1. The lowest BCUT2D eigenvalue weighted by molar-refractivity contribution is -0.120. The number of halogens is 1. The molecule has 0 saturated heterocycles. The van der Waals surface area contributed by atoms with Crippen LogP contribution in [0, 0.1) is 5.82 Å². The molecular weight excluding hydrogens is 317 g/mol. The lowest BCUT2D eigenvalue weighted by atomic mass is 10.1. The van der Waals surface area contributed by atoms with Crippen molar-refractivity contribution in [3.8, 4) is 0 Å². The van der Waals surface area contributed by atoms with Crippen molar-refractivity contribution in [2.45, 2.75) is 12.8 Å². The number of fused-ring (bicyclic) bond motifs is 2. The minimum Gasteiger partial charge on any atom is -0.361 e. The number of amides is 1. The van der Waals surface area contributed by atoms with Crippen LogP contribution in [0.1, 0.15) is 11.1 Å². The zero-order valence-electron chi connectivity index (χ0n) is 13.6. The number of para-hydroxylation sites is 1. The molecular formula is C20H18FN3O. The van der Waals surface area contributed by atoms with Crippen molar-refractivity contribution in [1.82, 2.24) is 15.3 Å². The van der Waals surface area contributed by atoms with Gasteiger partial charge in [0.1, 0.15) is 5.82 Å². The Balaban J connectivity index is 1.38. The number of hydrogen-bond acceptors (Lipinski definition) is 1. The molecule has 4 nitrogen and oxygen atoms in total. The number of hydrogen-bond donors (Lipinski definition) is 3. The molecule has 3 N–H and O–H groups in total. The Morgan fingerprint density at radius 3 is 2.60 bits per heavy atom. The molecule has 0 aliphatic rings. The topological polar surface area (TPSA) is 60.7 Å². The summed E-state index contributed by atoms with van der Waals surface area (Å²) in [5.41, 5.74) is 3.93. The average molecular weight is 335 g/mol. The van der Waals surface area contributed by atoms with Crippen LogP contribution in [-0.4, -0.2) is 22.4 Å². The average Bonchev–Trinajstić information content (AvgIpc) is 3.20. The highest BCUT2D eigenvalue weighted by molar-refractivity contribution is 5.89. The van der Waals surface area contributed by atoms with Crippen molar-refractivity contribution in [1.29, 1.82) is 0 Å². The van der Waals surface area contributed by atoms with Gasteiger partial charge in [-0.05, 0) is 41.8 Å². The monoisotopic (exact) mass is 335 g/mol. The standard InChI is InChI=1S/C20H18FN3O/c21-15-5-6-19-17(10-15)14(12-24-19)9-20(25)22-8-7-13-11-23-18-4-2-1-3-16(13)18/h1-6,10-12,23-24H,7-9H2,(H,22,25). The van der Waals surface area contributed by atoms with E-state index in [-0.39, 0.29) is 18.1 Å². The first-order chi connectivity index (χ1) is 12.2. The SMILES string of the molecule is O=C(Cc1c[nH]c2ccc(F)cc12)NCCc1c[nH]c2ccccc12. The van der Waals surface area contributed by atoms with Crippen LogP contribution < -0.4 is 5.32 Å². The van der Waals surface area contributed by atoms with Crippen molar-refractivity contribution in [2.24, 2.45) is 0 Å². The number of carbonyl (C=O) groups excluding carboxylic acids is 1. The largest absolute Gasteiger partial charge is 0.361 e. The molecule has 2 aromatic carbocycles. The Morgan fingerprint density at radius 2 is 1.72 bits per heavy atom. The van der Waals surface area contributed by atoms with Crippen LogP contribution >= 0.6 is 0 Å². The summed E-state index contributed by atoms with van der Waals surface area (Å²) in [6.07, 6.45) is 4.75. The molecule has 0 fully saturated rings. The maximum absolute atomic E-state index is 13.4. The van der Waals surface area contributed by atoms with E-state index in [1.165, 1.54) is 23.1 Å². The van der Waals surface area contributed by atoms with Gasteiger partial charge in [-0.2, -0.15) is 0 Å². The van der Waals surface area contributed by atoms with Gasteiger partial charge in [0.05, 0.1) is 6.42 Å². The van der Waals surface area contributed by atoms with E-state index in [9.17, 15) is 9.18 Å². The Kier molecular flexibility index (Phi) is 3.98. The van der Waals surface area contributed by atoms with Crippen LogP contribution in [0.4, 0.5) is 4.39 Å². The van der Waals surface area contributed by atoms with Gasteiger partial charge in [-0.3, -0.25) is 4.79 Å². The third-order valence-electron chi connectivity index (χ3n) is 4.47. The van der Waals surface area contributed by atoms with Crippen LogP contribution in [0.15, 0.2) is 54.9 Å². The Hall–Kier alpha value is -3.08. The first kappa shape index (κ1) is 15.4. The summed E-state index contributed by atoms with van der Waals surface area (Å²) in [4.78, 5) is 18.5. The summed E-state index contributed by atoms with van der Waals surface area (Å²) in [6.45, 7) is 0.567. The molecule has 0 radical (unpaired) electrons. The maximum Gasteiger partial charge on any atom is 0.224 e. The fourth-order valence-corrected chi connectivity index (χ4v) is 3.21. The summed E-state index contributed by atoms with van der Waals surface area (Å²) >= 11 is 0. The van der Waals surface area contributed by atoms with Crippen molar-refractivity contribution < 1.29 is 9.18 Å². The second kappa shape index (κ2) is 6.43. The second-order valence-electron chi connectivity index (χ2n) is 6.14. The Bertz CT molecular complexity index is 1050. The molecule has 2 aromatic heterocycles. The number of nitrogens with one attached hydrogen (secondary N) is 3. The van der Waals surface area contributed by atoms with Gasteiger partial charge in [0.2, 0.25) is 5.91 Å². The van der Waals surface area contributed by atoms with E-state index < -0.39 is 0 Å². The highest BCUT2D eigenvalue weighted by Gasteiger charge is 2.10. The van der Waals surface area contributed by atoms with Crippen molar-refractivity contribution in [3.63, 3.8) is 0 Å². The molecule has 0 unspecified atom stereocenters. The van der Waals surface area contributed by atoms with Crippen molar-refractivity contribution in [3.05, 3.63) is 71.8 Å². The van der Waals surface area contributed by atoms with Gasteiger partial charge in [0, 0.05) is 40.7 Å². The van der Waals surface area contributed by atoms with E-state index in [4.69, 9.17) is 0 Å². The zero-order chi connectivity index (χ0) is 17.2. The predicted molar refractivity (Wildman–Crippen MR) is 97.0 cm³/mol. The molecule has 5 heteroatoms. The lowest BCUT2D eigenvalue weighted by Crippen LogP contribution is -2.27. The maximum atomic E-state index is 13.4. The van der Waals surface area contributed by atoms with E-state index >= 15 is 0 Å². The van der Waals surface area contributed by atoms with Gasteiger partial charge >= 0.3 is 0 Å². The third kappa shape index (κ3) is 3.13.